The molecule has 0 aliphatic carbocycles. The lowest BCUT2D eigenvalue weighted by Gasteiger charge is -2.15. The summed E-state index contributed by atoms with van der Waals surface area (Å²) in [7, 11) is -7.06. The standard InChI is InChI=1S/C27H31N7O4S2/c1-19-17-25-26(18-23(19)22-7-3-4-8-24(22)33-39(2,35)36)31-32-27(30-25)29-20-9-11-21(12-10-20)40(37,38)28-13-16-34-14-5-6-15-34/h3-4,7-12,17-18,28,33H,5-6,13-16H2,1-2H3,(H,29,30,32). The highest BCUT2D eigenvalue weighted by Crippen LogP contribution is 2.33. The summed E-state index contributed by atoms with van der Waals surface area (Å²) >= 11 is 0. The molecule has 4 aromatic rings. The van der Waals surface area contributed by atoms with Crippen LogP contribution in [0.15, 0.2) is 65.6 Å². The van der Waals surface area contributed by atoms with Crippen molar-refractivity contribution >= 4 is 48.4 Å². The van der Waals surface area contributed by atoms with Crippen molar-refractivity contribution in [3.8, 4) is 11.1 Å². The highest BCUT2D eigenvalue weighted by atomic mass is 32.2. The van der Waals surface area contributed by atoms with Gasteiger partial charge in [0.25, 0.3) is 0 Å². The van der Waals surface area contributed by atoms with Crippen molar-refractivity contribution in [2.45, 2.75) is 24.7 Å². The third-order valence-corrected chi connectivity index (χ3v) is 8.72. The van der Waals surface area contributed by atoms with Gasteiger partial charge >= 0.3 is 0 Å². The van der Waals surface area contributed by atoms with Crippen LogP contribution >= 0.6 is 0 Å². The third-order valence-electron chi connectivity index (χ3n) is 6.65. The zero-order valence-corrected chi connectivity index (χ0v) is 23.9. The number of aromatic nitrogens is 3. The predicted molar refractivity (Wildman–Crippen MR) is 157 cm³/mol. The Hall–Kier alpha value is -3.65. The molecule has 1 aliphatic heterocycles. The number of rotatable bonds is 10. The van der Waals surface area contributed by atoms with E-state index < -0.39 is 20.0 Å². The number of para-hydroxylation sites is 1. The molecule has 0 unspecified atom stereocenters. The molecule has 1 aliphatic rings. The van der Waals surface area contributed by atoms with Crippen LogP contribution in [0.2, 0.25) is 0 Å². The molecule has 3 N–H and O–H groups in total. The van der Waals surface area contributed by atoms with E-state index in [0.29, 0.717) is 35.5 Å². The van der Waals surface area contributed by atoms with E-state index in [4.69, 9.17) is 0 Å². The first-order chi connectivity index (χ1) is 19.1. The van der Waals surface area contributed by atoms with Crippen molar-refractivity contribution in [2.75, 3.05) is 42.5 Å². The second-order valence-corrected chi connectivity index (χ2v) is 13.3. The minimum absolute atomic E-state index is 0.186. The molecule has 1 saturated heterocycles. The fourth-order valence-corrected chi connectivity index (χ4v) is 6.31. The van der Waals surface area contributed by atoms with Crippen LogP contribution < -0.4 is 14.8 Å². The van der Waals surface area contributed by atoms with E-state index in [1.54, 1.807) is 24.3 Å². The molecule has 0 saturated carbocycles. The summed E-state index contributed by atoms with van der Waals surface area (Å²) < 4.78 is 54.2. The molecular weight excluding hydrogens is 550 g/mol. The summed E-state index contributed by atoms with van der Waals surface area (Å²) in [5.41, 5.74) is 4.65. The molecule has 3 aromatic carbocycles. The van der Waals surface area contributed by atoms with Crippen LogP contribution in [-0.4, -0.2) is 69.4 Å². The van der Waals surface area contributed by atoms with Crippen molar-refractivity contribution in [1.82, 2.24) is 24.8 Å². The van der Waals surface area contributed by atoms with Crippen LogP contribution in [0.5, 0.6) is 0 Å². The quantitative estimate of drug-likeness (QED) is 0.256. The second kappa shape index (κ2) is 11.5. The summed E-state index contributed by atoms with van der Waals surface area (Å²) in [6.07, 6.45) is 3.44. The molecule has 210 valence electrons. The molecule has 5 rings (SSSR count). The van der Waals surface area contributed by atoms with Crippen LogP contribution in [0.25, 0.3) is 22.2 Å². The summed E-state index contributed by atoms with van der Waals surface area (Å²) in [4.78, 5) is 7.01. The minimum Gasteiger partial charge on any atom is -0.323 e. The number of hydrogen-bond donors (Lipinski definition) is 3. The van der Waals surface area contributed by atoms with Gasteiger partial charge in [-0.05, 0) is 86.4 Å². The predicted octanol–water partition coefficient (Wildman–Crippen LogP) is 3.49. The number of benzene rings is 3. The van der Waals surface area contributed by atoms with E-state index in [0.717, 1.165) is 48.9 Å². The van der Waals surface area contributed by atoms with E-state index in [-0.39, 0.29) is 10.8 Å². The smallest absolute Gasteiger partial charge is 0.247 e. The van der Waals surface area contributed by atoms with Crippen LogP contribution in [-0.2, 0) is 20.0 Å². The van der Waals surface area contributed by atoms with Crippen LogP contribution in [0.1, 0.15) is 18.4 Å². The number of sulfonamides is 2. The van der Waals surface area contributed by atoms with Gasteiger partial charge in [0.2, 0.25) is 26.0 Å². The highest BCUT2D eigenvalue weighted by Gasteiger charge is 2.17. The maximum atomic E-state index is 12.7. The topological polar surface area (TPSA) is 146 Å². The van der Waals surface area contributed by atoms with Crippen molar-refractivity contribution in [3.63, 3.8) is 0 Å². The Balaban J connectivity index is 1.30. The van der Waals surface area contributed by atoms with Gasteiger partial charge in [-0.3, -0.25) is 4.72 Å². The maximum absolute atomic E-state index is 12.7. The second-order valence-electron chi connectivity index (χ2n) is 9.81. The van der Waals surface area contributed by atoms with Gasteiger partial charge in [0.05, 0.1) is 22.4 Å². The Morgan fingerprint density at radius 2 is 1.60 bits per heavy atom. The molecule has 1 fully saturated rings. The average Bonchev–Trinajstić information content (AvgIpc) is 3.42. The number of anilines is 3. The Labute approximate surface area is 234 Å². The summed E-state index contributed by atoms with van der Waals surface area (Å²) in [6, 6.07) is 17.2. The number of aryl methyl sites for hydroxylation is 1. The Bertz CT molecular complexity index is 1740. The van der Waals surface area contributed by atoms with E-state index in [2.05, 4.69) is 34.8 Å². The molecule has 0 amide bonds. The largest absolute Gasteiger partial charge is 0.323 e. The van der Waals surface area contributed by atoms with Gasteiger partial charge in [-0.1, -0.05) is 18.2 Å². The van der Waals surface area contributed by atoms with Gasteiger partial charge in [-0.2, -0.15) is 0 Å². The Morgan fingerprint density at radius 1 is 0.875 bits per heavy atom. The molecule has 40 heavy (non-hydrogen) atoms. The first-order valence-corrected chi connectivity index (χ1v) is 16.3. The van der Waals surface area contributed by atoms with Crippen LogP contribution in [0.4, 0.5) is 17.3 Å². The van der Waals surface area contributed by atoms with Gasteiger partial charge < -0.3 is 10.2 Å². The van der Waals surface area contributed by atoms with Gasteiger partial charge in [-0.15, -0.1) is 10.2 Å². The molecule has 0 atom stereocenters. The molecule has 2 heterocycles. The minimum atomic E-state index is -3.60. The lowest BCUT2D eigenvalue weighted by Crippen LogP contribution is -2.33. The van der Waals surface area contributed by atoms with E-state index in [1.807, 2.05) is 31.2 Å². The Kier molecular flexibility index (Phi) is 7.99. The third kappa shape index (κ3) is 6.73. The summed E-state index contributed by atoms with van der Waals surface area (Å²) in [5.74, 6) is 0.262. The fourth-order valence-electron chi connectivity index (χ4n) is 4.71. The van der Waals surface area contributed by atoms with E-state index >= 15 is 0 Å². The van der Waals surface area contributed by atoms with Gasteiger partial charge in [0.15, 0.2) is 0 Å². The number of nitrogens with one attached hydrogen (secondary N) is 3. The van der Waals surface area contributed by atoms with Gasteiger partial charge in [0, 0.05) is 24.3 Å². The van der Waals surface area contributed by atoms with Crippen molar-refractivity contribution in [1.29, 1.82) is 0 Å². The zero-order valence-electron chi connectivity index (χ0n) is 22.3. The fraction of sp³-hybridized carbons (Fsp3) is 0.296. The SMILES string of the molecule is Cc1cc2nc(Nc3ccc(S(=O)(=O)NCCN4CCCC4)cc3)nnc2cc1-c1ccccc1NS(C)(=O)=O. The monoisotopic (exact) mass is 581 g/mol. The van der Waals surface area contributed by atoms with Crippen molar-refractivity contribution < 1.29 is 16.8 Å². The molecule has 0 spiro atoms. The first-order valence-electron chi connectivity index (χ1n) is 12.9. The summed E-state index contributed by atoms with van der Waals surface area (Å²) in [6.45, 7) is 5.03. The zero-order chi connectivity index (χ0) is 28.3. The van der Waals surface area contributed by atoms with Crippen molar-refractivity contribution in [3.05, 3.63) is 66.2 Å². The molecule has 0 bridgehead atoms. The highest BCUT2D eigenvalue weighted by molar-refractivity contribution is 7.92. The van der Waals surface area contributed by atoms with Crippen LogP contribution in [0.3, 0.4) is 0 Å². The lowest BCUT2D eigenvalue weighted by atomic mass is 9.98. The molecule has 11 nitrogen and oxygen atoms in total. The molecule has 1 aromatic heterocycles. The average molecular weight is 582 g/mol. The Morgan fingerprint density at radius 3 is 2.33 bits per heavy atom. The van der Waals surface area contributed by atoms with Gasteiger partial charge in [0.1, 0.15) is 5.52 Å². The number of nitrogens with zero attached hydrogens (tertiary/aromatic N) is 4. The molecule has 0 radical (unpaired) electrons. The first kappa shape index (κ1) is 27.9. The number of hydrogen-bond acceptors (Lipinski definition) is 9. The summed E-state index contributed by atoms with van der Waals surface area (Å²) in [5, 5.41) is 11.6. The molecule has 13 heteroatoms. The molecular formula is C27H31N7O4S2. The number of fused-ring (bicyclic) bond motifs is 1. The lowest BCUT2D eigenvalue weighted by molar-refractivity contribution is 0.344. The van der Waals surface area contributed by atoms with Crippen LogP contribution in [0, 0.1) is 6.92 Å². The van der Waals surface area contributed by atoms with E-state index in [9.17, 15) is 16.8 Å². The van der Waals surface area contributed by atoms with Gasteiger partial charge in [-0.25, -0.2) is 26.5 Å². The normalized spacial score (nSPS) is 14.4. The van der Waals surface area contributed by atoms with Crippen molar-refractivity contribution in [2.24, 2.45) is 0 Å². The van der Waals surface area contributed by atoms with E-state index in [1.165, 1.54) is 12.1 Å². The maximum Gasteiger partial charge on any atom is 0.247 e. The number of likely N-dealkylation sites (tertiary alicyclic amines) is 1.